The third-order valence-electron chi connectivity index (χ3n) is 3.57. The van der Waals surface area contributed by atoms with Gasteiger partial charge >= 0.3 is 0 Å². The number of hydrogen-bond donors (Lipinski definition) is 2. The highest BCUT2D eigenvalue weighted by Crippen LogP contribution is 2.24. The Morgan fingerprint density at radius 2 is 2.11 bits per heavy atom. The average Bonchev–Trinajstić information content (AvgIpc) is 2.40. The summed E-state index contributed by atoms with van der Waals surface area (Å²) in [6, 6.07) is 8.63. The molecule has 1 fully saturated rings. The third-order valence-corrected chi connectivity index (χ3v) is 3.57. The second kappa shape index (κ2) is 6.92. The molecule has 2 atom stereocenters. The first kappa shape index (κ1) is 14.4. The van der Waals surface area contributed by atoms with Crippen LogP contribution in [0.1, 0.15) is 45.1 Å². The van der Waals surface area contributed by atoms with Crippen molar-refractivity contribution in [2.75, 3.05) is 0 Å². The van der Waals surface area contributed by atoms with Gasteiger partial charge in [0.05, 0.1) is 6.10 Å². The standard InChI is InChI=1S/C16H25NO2/c1-12(2)17-11-13-6-5-7-14(10-13)19-16-9-4-3-8-15(16)18/h5-7,10,12,15-18H,3-4,8-9,11H2,1-2H3. The molecule has 3 heteroatoms. The van der Waals surface area contributed by atoms with E-state index in [1.165, 1.54) is 5.56 Å². The first-order chi connectivity index (χ1) is 9.15. The molecular weight excluding hydrogens is 238 g/mol. The Balaban J connectivity index is 1.94. The van der Waals surface area contributed by atoms with Crippen LogP contribution in [0.5, 0.6) is 5.75 Å². The minimum Gasteiger partial charge on any atom is -0.488 e. The molecule has 0 heterocycles. The second-order valence-corrected chi connectivity index (χ2v) is 5.69. The predicted octanol–water partition coefficient (Wildman–Crippen LogP) is 2.87. The summed E-state index contributed by atoms with van der Waals surface area (Å²) in [5.41, 5.74) is 1.22. The molecule has 19 heavy (non-hydrogen) atoms. The van der Waals surface area contributed by atoms with Crippen LogP contribution in [0.15, 0.2) is 24.3 Å². The van der Waals surface area contributed by atoms with Crippen molar-refractivity contribution in [1.29, 1.82) is 0 Å². The van der Waals surface area contributed by atoms with Crippen LogP contribution in [-0.4, -0.2) is 23.4 Å². The van der Waals surface area contributed by atoms with Crippen molar-refractivity contribution >= 4 is 0 Å². The molecule has 106 valence electrons. The summed E-state index contributed by atoms with van der Waals surface area (Å²) in [5, 5.41) is 13.3. The highest BCUT2D eigenvalue weighted by Gasteiger charge is 2.24. The highest BCUT2D eigenvalue weighted by molar-refractivity contribution is 5.28. The van der Waals surface area contributed by atoms with E-state index < -0.39 is 0 Å². The number of ether oxygens (including phenoxy) is 1. The van der Waals surface area contributed by atoms with Gasteiger partial charge in [0.25, 0.3) is 0 Å². The van der Waals surface area contributed by atoms with E-state index in [9.17, 15) is 5.11 Å². The van der Waals surface area contributed by atoms with Gasteiger partial charge in [0.2, 0.25) is 0 Å². The maximum Gasteiger partial charge on any atom is 0.124 e. The van der Waals surface area contributed by atoms with E-state index >= 15 is 0 Å². The predicted molar refractivity (Wildman–Crippen MR) is 77.3 cm³/mol. The maximum atomic E-state index is 9.94. The molecule has 0 radical (unpaired) electrons. The van der Waals surface area contributed by atoms with E-state index in [1.54, 1.807) is 0 Å². The molecular formula is C16H25NO2. The summed E-state index contributed by atoms with van der Waals surface area (Å²) in [6.07, 6.45) is 3.72. The zero-order chi connectivity index (χ0) is 13.7. The number of hydrogen-bond acceptors (Lipinski definition) is 3. The van der Waals surface area contributed by atoms with E-state index in [2.05, 4.69) is 31.3 Å². The van der Waals surface area contributed by atoms with Gasteiger partial charge in [-0.3, -0.25) is 0 Å². The number of aliphatic hydroxyl groups excluding tert-OH is 1. The van der Waals surface area contributed by atoms with Crippen molar-refractivity contribution < 1.29 is 9.84 Å². The van der Waals surface area contributed by atoms with Crippen LogP contribution < -0.4 is 10.1 Å². The molecule has 3 nitrogen and oxygen atoms in total. The van der Waals surface area contributed by atoms with Crippen molar-refractivity contribution in [2.45, 2.75) is 64.3 Å². The van der Waals surface area contributed by atoms with E-state index in [4.69, 9.17) is 4.74 Å². The van der Waals surface area contributed by atoms with Crippen LogP contribution in [0.25, 0.3) is 0 Å². The summed E-state index contributed by atoms with van der Waals surface area (Å²) in [6.45, 7) is 5.12. The molecule has 1 aromatic carbocycles. The minimum atomic E-state index is -0.314. The van der Waals surface area contributed by atoms with Gasteiger partial charge in [0, 0.05) is 12.6 Å². The quantitative estimate of drug-likeness (QED) is 0.858. The number of aliphatic hydroxyl groups is 1. The highest BCUT2D eigenvalue weighted by atomic mass is 16.5. The lowest BCUT2D eigenvalue weighted by molar-refractivity contribution is 0.00683. The largest absolute Gasteiger partial charge is 0.488 e. The normalized spacial score (nSPS) is 23.6. The SMILES string of the molecule is CC(C)NCc1cccc(OC2CCCCC2O)c1. The molecule has 0 bridgehead atoms. The van der Waals surface area contributed by atoms with E-state index in [0.717, 1.165) is 38.0 Å². The summed E-state index contributed by atoms with van der Waals surface area (Å²) in [7, 11) is 0. The van der Waals surface area contributed by atoms with Gasteiger partial charge in [0.1, 0.15) is 11.9 Å². The van der Waals surface area contributed by atoms with E-state index in [1.807, 2.05) is 12.1 Å². The lowest BCUT2D eigenvalue weighted by atomic mass is 9.95. The molecule has 2 unspecified atom stereocenters. The van der Waals surface area contributed by atoms with Crippen LogP contribution >= 0.6 is 0 Å². The third kappa shape index (κ3) is 4.51. The summed E-state index contributed by atoms with van der Waals surface area (Å²) >= 11 is 0. The summed E-state index contributed by atoms with van der Waals surface area (Å²) in [4.78, 5) is 0. The van der Waals surface area contributed by atoms with Crippen molar-refractivity contribution in [3.63, 3.8) is 0 Å². The van der Waals surface area contributed by atoms with E-state index in [-0.39, 0.29) is 12.2 Å². The topological polar surface area (TPSA) is 41.5 Å². The van der Waals surface area contributed by atoms with Gasteiger partial charge in [0.15, 0.2) is 0 Å². The van der Waals surface area contributed by atoms with Gasteiger partial charge in [-0.2, -0.15) is 0 Å². The fraction of sp³-hybridized carbons (Fsp3) is 0.625. The van der Waals surface area contributed by atoms with Crippen LogP contribution in [-0.2, 0) is 6.54 Å². The molecule has 1 saturated carbocycles. The Kier molecular flexibility index (Phi) is 5.23. The molecule has 0 amide bonds. The number of benzene rings is 1. The monoisotopic (exact) mass is 263 g/mol. The Labute approximate surface area is 116 Å². The molecule has 0 saturated heterocycles. The molecule has 0 aromatic heterocycles. The summed E-state index contributed by atoms with van der Waals surface area (Å²) in [5.74, 6) is 0.869. The molecule has 1 aromatic rings. The van der Waals surface area contributed by atoms with Crippen molar-refractivity contribution in [3.05, 3.63) is 29.8 Å². The zero-order valence-corrected chi connectivity index (χ0v) is 11.9. The first-order valence-electron chi connectivity index (χ1n) is 7.32. The average molecular weight is 263 g/mol. The fourth-order valence-corrected chi connectivity index (χ4v) is 2.44. The lowest BCUT2D eigenvalue weighted by Gasteiger charge is -2.28. The van der Waals surface area contributed by atoms with Gasteiger partial charge in [-0.1, -0.05) is 32.4 Å². The van der Waals surface area contributed by atoms with Crippen molar-refractivity contribution in [1.82, 2.24) is 5.32 Å². The fourth-order valence-electron chi connectivity index (χ4n) is 2.44. The summed E-state index contributed by atoms with van der Waals surface area (Å²) < 4.78 is 5.94. The number of nitrogens with one attached hydrogen (secondary N) is 1. The van der Waals surface area contributed by atoms with Crippen LogP contribution in [0, 0.1) is 0 Å². The Hall–Kier alpha value is -1.06. The zero-order valence-electron chi connectivity index (χ0n) is 11.9. The molecule has 1 aliphatic rings. The second-order valence-electron chi connectivity index (χ2n) is 5.69. The van der Waals surface area contributed by atoms with Crippen LogP contribution in [0.4, 0.5) is 0 Å². The lowest BCUT2D eigenvalue weighted by Crippen LogP contribution is -2.34. The van der Waals surface area contributed by atoms with Crippen LogP contribution in [0.3, 0.4) is 0 Å². The maximum absolute atomic E-state index is 9.94. The molecule has 0 spiro atoms. The van der Waals surface area contributed by atoms with Crippen molar-refractivity contribution in [2.24, 2.45) is 0 Å². The molecule has 2 rings (SSSR count). The smallest absolute Gasteiger partial charge is 0.124 e. The number of rotatable bonds is 5. The molecule has 0 aliphatic heterocycles. The Morgan fingerprint density at radius 1 is 1.32 bits per heavy atom. The minimum absolute atomic E-state index is 0.0398. The van der Waals surface area contributed by atoms with Gasteiger partial charge in [-0.05, 0) is 37.0 Å². The van der Waals surface area contributed by atoms with Gasteiger partial charge in [-0.25, -0.2) is 0 Å². The Bertz CT molecular complexity index is 392. The van der Waals surface area contributed by atoms with Gasteiger partial charge in [-0.15, -0.1) is 0 Å². The van der Waals surface area contributed by atoms with E-state index in [0.29, 0.717) is 6.04 Å². The first-order valence-corrected chi connectivity index (χ1v) is 7.32. The molecule has 1 aliphatic carbocycles. The van der Waals surface area contributed by atoms with Crippen LogP contribution in [0.2, 0.25) is 0 Å². The Morgan fingerprint density at radius 3 is 2.84 bits per heavy atom. The van der Waals surface area contributed by atoms with Crippen molar-refractivity contribution in [3.8, 4) is 5.75 Å². The molecule has 2 N–H and O–H groups in total. The van der Waals surface area contributed by atoms with Gasteiger partial charge < -0.3 is 15.2 Å².